The second-order valence-electron chi connectivity index (χ2n) is 5.60. The Morgan fingerprint density at radius 2 is 1.81 bits per heavy atom. The number of carbonyl (C=O) groups excluding carboxylic acids is 1. The van der Waals surface area contributed by atoms with E-state index in [1.165, 1.54) is 21.1 Å². The highest BCUT2D eigenvalue weighted by Crippen LogP contribution is 2.38. The lowest BCUT2D eigenvalue weighted by molar-refractivity contribution is -0.132. The molecule has 0 saturated carbocycles. The van der Waals surface area contributed by atoms with Crippen LogP contribution in [-0.4, -0.2) is 31.0 Å². The number of rotatable bonds is 5. The standard InChI is InChI=1S/C19H19N3O4S/c1-12(23)26-18-15(24-3)9-13(10-16(18)25-4)11-20-21-19-22(2)14-7-5-6-8-17(14)27-19/h5-11H,1-4H3. The van der Waals surface area contributed by atoms with E-state index >= 15 is 0 Å². The molecule has 0 saturated heterocycles. The molecule has 2 aromatic carbocycles. The number of esters is 1. The molecule has 0 spiro atoms. The largest absolute Gasteiger partial charge is 0.493 e. The number of para-hydroxylation sites is 1. The van der Waals surface area contributed by atoms with E-state index < -0.39 is 5.97 Å². The van der Waals surface area contributed by atoms with Crippen molar-refractivity contribution in [3.63, 3.8) is 0 Å². The number of methoxy groups -OCH3 is 2. The topological polar surface area (TPSA) is 74.4 Å². The quantitative estimate of drug-likeness (QED) is 0.293. The molecule has 3 rings (SSSR count). The molecule has 0 aliphatic heterocycles. The van der Waals surface area contributed by atoms with E-state index in [4.69, 9.17) is 14.2 Å². The maximum Gasteiger partial charge on any atom is 0.308 e. The van der Waals surface area contributed by atoms with Crippen molar-refractivity contribution in [2.24, 2.45) is 17.3 Å². The van der Waals surface area contributed by atoms with E-state index in [2.05, 4.69) is 10.2 Å². The van der Waals surface area contributed by atoms with Crippen LogP contribution in [0.5, 0.6) is 17.2 Å². The van der Waals surface area contributed by atoms with E-state index in [0.29, 0.717) is 17.1 Å². The lowest BCUT2D eigenvalue weighted by Crippen LogP contribution is -2.09. The number of ether oxygens (including phenoxy) is 3. The highest BCUT2D eigenvalue weighted by atomic mass is 32.1. The lowest BCUT2D eigenvalue weighted by atomic mass is 10.2. The van der Waals surface area contributed by atoms with Crippen LogP contribution in [0.2, 0.25) is 0 Å². The summed E-state index contributed by atoms with van der Waals surface area (Å²) in [5, 5.41) is 8.48. The van der Waals surface area contributed by atoms with Crippen LogP contribution in [0.4, 0.5) is 0 Å². The molecule has 0 aliphatic rings. The smallest absolute Gasteiger partial charge is 0.308 e. The van der Waals surface area contributed by atoms with Crippen molar-refractivity contribution in [2.75, 3.05) is 14.2 Å². The van der Waals surface area contributed by atoms with Crippen molar-refractivity contribution in [3.8, 4) is 17.2 Å². The fraction of sp³-hybridized carbons (Fsp3) is 0.211. The summed E-state index contributed by atoms with van der Waals surface area (Å²) in [5.41, 5.74) is 1.80. The van der Waals surface area contributed by atoms with Gasteiger partial charge in [-0.1, -0.05) is 23.5 Å². The second kappa shape index (κ2) is 8.05. The fourth-order valence-electron chi connectivity index (χ4n) is 2.54. The number of hydrogen-bond donors (Lipinski definition) is 0. The fourth-order valence-corrected chi connectivity index (χ4v) is 3.52. The summed E-state index contributed by atoms with van der Waals surface area (Å²) in [6.45, 7) is 1.32. The SMILES string of the molecule is COc1cc(C=NN=c2sc3ccccc3n2C)cc(OC)c1OC(C)=O. The Morgan fingerprint density at radius 3 is 2.41 bits per heavy atom. The summed E-state index contributed by atoms with van der Waals surface area (Å²) in [6.07, 6.45) is 1.59. The third-order valence-electron chi connectivity index (χ3n) is 3.79. The second-order valence-corrected chi connectivity index (χ2v) is 6.61. The predicted molar refractivity (Wildman–Crippen MR) is 105 cm³/mol. The molecule has 8 heteroatoms. The molecular formula is C19H19N3O4S. The minimum absolute atomic E-state index is 0.234. The third kappa shape index (κ3) is 4.01. The van der Waals surface area contributed by atoms with Gasteiger partial charge in [0.2, 0.25) is 10.6 Å². The molecule has 0 aliphatic carbocycles. The highest BCUT2D eigenvalue weighted by molar-refractivity contribution is 7.16. The maximum absolute atomic E-state index is 11.3. The first kappa shape index (κ1) is 18.7. The predicted octanol–water partition coefficient (Wildman–Crippen LogP) is 3.12. The summed E-state index contributed by atoms with van der Waals surface area (Å²) in [4.78, 5) is 12.1. The maximum atomic E-state index is 11.3. The van der Waals surface area contributed by atoms with Crippen LogP contribution in [0, 0.1) is 0 Å². The number of fused-ring (bicyclic) bond motifs is 1. The summed E-state index contributed by atoms with van der Waals surface area (Å²) < 4.78 is 18.9. The van der Waals surface area contributed by atoms with Gasteiger partial charge in [0.05, 0.1) is 30.7 Å². The Labute approximate surface area is 160 Å². The molecule has 7 nitrogen and oxygen atoms in total. The molecule has 3 aromatic rings. The Bertz CT molecular complexity index is 1060. The van der Waals surface area contributed by atoms with Gasteiger partial charge in [0, 0.05) is 19.5 Å². The van der Waals surface area contributed by atoms with Crippen LogP contribution in [0.25, 0.3) is 10.2 Å². The Kier molecular flexibility index (Phi) is 5.56. The van der Waals surface area contributed by atoms with Crippen molar-refractivity contribution in [3.05, 3.63) is 46.8 Å². The molecule has 0 amide bonds. The molecule has 0 N–H and O–H groups in total. The van der Waals surface area contributed by atoms with Gasteiger partial charge in [0.1, 0.15) is 0 Å². The molecule has 1 heterocycles. The number of thiazole rings is 1. The van der Waals surface area contributed by atoms with Crippen LogP contribution < -0.4 is 19.0 Å². The van der Waals surface area contributed by atoms with Gasteiger partial charge in [-0.3, -0.25) is 4.79 Å². The molecule has 0 bridgehead atoms. The van der Waals surface area contributed by atoms with Gasteiger partial charge in [-0.15, -0.1) is 5.10 Å². The average Bonchev–Trinajstić information content (AvgIpc) is 2.98. The molecule has 140 valence electrons. The average molecular weight is 385 g/mol. The monoisotopic (exact) mass is 385 g/mol. The zero-order valence-corrected chi connectivity index (χ0v) is 16.2. The lowest BCUT2D eigenvalue weighted by Gasteiger charge is -2.12. The van der Waals surface area contributed by atoms with E-state index in [1.54, 1.807) is 29.7 Å². The van der Waals surface area contributed by atoms with Gasteiger partial charge in [-0.05, 0) is 24.3 Å². The summed E-state index contributed by atoms with van der Waals surface area (Å²) in [5.74, 6) is 0.523. The van der Waals surface area contributed by atoms with Gasteiger partial charge in [-0.25, -0.2) is 0 Å². The van der Waals surface area contributed by atoms with Crippen LogP contribution in [-0.2, 0) is 11.8 Å². The minimum atomic E-state index is -0.458. The number of aryl methyl sites for hydroxylation is 1. The zero-order valence-electron chi connectivity index (χ0n) is 15.4. The molecule has 0 atom stereocenters. The van der Waals surface area contributed by atoms with Gasteiger partial charge < -0.3 is 18.8 Å². The van der Waals surface area contributed by atoms with Gasteiger partial charge >= 0.3 is 5.97 Å². The minimum Gasteiger partial charge on any atom is -0.493 e. The van der Waals surface area contributed by atoms with Gasteiger partial charge in [0.25, 0.3) is 0 Å². The molecule has 0 radical (unpaired) electrons. The molecule has 27 heavy (non-hydrogen) atoms. The van der Waals surface area contributed by atoms with Crippen molar-refractivity contribution in [2.45, 2.75) is 6.92 Å². The van der Waals surface area contributed by atoms with Crippen molar-refractivity contribution >= 4 is 33.7 Å². The van der Waals surface area contributed by atoms with Gasteiger partial charge in [-0.2, -0.15) is 5.10 Å². The Morgan fingerprint density at radius 1 is 1.15 bits per heavy atom. The Hall–Kier alpha value is -3.13. The number of aromatic nitrogens is 1. The van der Waals surface area contributed by atoms with E-state index in [1.807, 2.05) is 35.9 Å². The summed E-state index contributed by atoms with van der Waals surface area (Å²) >= 11 is 1.56. The van der Waals surface area contributed by atoms with Crippen LogP contribution in [0.3, 0.4) is 0 Å². The van der Waals surface area contributed by atoms with Crippen LogP contribution >= 0.6 is 11.3 Å². The number of carbonyl (C=O) groups is 1. The van der Waals surface area contributed by atoms with E-state index in [0.717, 1.165) is 15.0 Å². The van der Waals surface area contributed by atoms with Crippen LogP contribution in [0.15, 0.2) is 46.6 Å². The first-order chi connectivity index (χ1) is 13.0. The van der Waals surface area contributed by atoms with Crippen molar-refractivity contribution < 1.29 is 19.0 Å². The molecule has 1 aromatic heterocycles. The zero-order chi connectivity index (χ0) is 19.4. The number of benzene rings is 2. The normalized spacial score (nSPS) is 11.9. The van der Waals surface area contributed by atoms with Crippen molar-refractivity contribution in [1.29, 1.82) is 0 Å². The highest BCUT2D eigenvalue weighted by Gasteiger charge is 2.15. The summed E-state index contributed by atoms with van der Waals surface area (Å²) in [6, 6.07) is 11.5. The number of nitrogens with zero attached hydrogens (tertiary/aromatic N) is 3. The first-order valence-corrected chi connectivity index (χ1v) is 8.91. The van der Waals surface area contributed by atoms with Crippen molar-refractivity contribution in [1.82, 2.24) is 4.57 Å². The molecule has 0 unspecified atom stereocenters. The molecular weight excluding hydrogens is 366 g/mol. The van der Waals surface area contributed by atoms with E-state index in [-0.39, 0.29) is 5.75 Å². The van der Waals surface area contributed by atoms with Crippen LogP contribution in [0.1, 0.15) is 12.5 Å². The number of hydrogen-bond acceptors (Lipinski definition) is 7. The first-order valence-electron chi connectivity index (χ1n) is 8.09. The van der Waals surface area contributed by atoms with E-state index in [9.17, 15) is 4.79 Å². The molecule has 0 fully saturated rings. The van der Waals surface area contributed by atoms with Gasteiger partial charge in [0.15, 0.2) is 11.5 Å². The Balaban J connectivity index is 1.96. The summed E-state index contributed by atoms with van der Waals surface area (Å²) in [7, 11) is 4.93. The third-order valence-corrected chi connectivity index (χ3v) is 4.90.